The highest BCUT2D eigenvalue weighted by atomic mass is 16.2. The Labute approximate surface area is 116 Å². The first-order chi connectivity index (χ1) is 9.29. The van der Waals surface area contributed by atoms with Gasteiger partial charge in [0.15, 0.2) is 0 Å². The normalized spacial score (nSPS) is 15.5. The molecule has 0 bridgehead atoms. The average Bonchev–Trinajstić information content (AvgIpc) is 2.49. The van der Waals surface area contributed by atoms with Crippen molar-refractivity contribution in [2.24, 2.45) is 0 Å². The first kappa shape index (κ1) is 14.1. The molecule has 19 heavy (non-hydrogen) atoms. The van der Waals surface area contributed by atoms with Crippen LogP contribution in [0.5, 0.6) is 0 Å². The number of nitrogens with one attached hydrogen (secondary N) is 1. The monoisotopic (exact) mass is 260 g/mol. The van der Waals surface area contributed by atoms with E-state index in [0.29, 0.717) is 6.54 Å². The molecule has 0 unspecified atom stereocenters. The summed E-state index contributed by atoms with van der Waals surface area (Å²) in [5, 5.41) is 3.25. The summed E-state index contributed by atoms with van der Waals surface area (Å²) in [5.41, 5.74) is 2.59. The second-order valence-corrected chi connectivity index (χ2v) is 5.22. The SMILES string of the molecule is CCc1ccc(CNCC(=O)N2CCCCC2)cc1. The van der Waals surface area contributed by atoms with Crippen LogP contribution in [0.2, 0.25) is 0 Å². The van der Waals surface area contributed by atoms with Crippen molar-refractivity contribution in [1.82, 2.24) is 10.2 Å². The van der Waals surface area contributed by atoms with Gasteiger partial charge in [-0.05, 0) is 36.8 Å². The van der Waals surface area contributed by atoms with Crippen LogP contribution in [-0.4, -0.2) is 30.4 Å². The van der Waals surface area contributed by atoms with Crippen LogP contribution in [0.4, 0.5) is 0 Å². The van der Waals surface area contributed by atoms with E-state index >= 15 is 0 Å². The third kappa shape index (κ3) is 4.35. The summed E-state index contributed by atoms with van der Waals surface area (Å²) in [6, 6.07) is 8.58. The lowest BCUT2D eigenvalue weighted by Crippen LogP contribution is -2.40. The second-order valence-electron chi connectivity index (χ2n) is 5.22. The van der Waals surface area contributed by atoms with Gasteiger partial charge in [0.25, 0.3) is 0 Å². The highest BCUT2D eigenvalue weighted by Gasteiger charge is 2.15. The number of likely N-dealkylation sites (tertiary alicyclic amines) is 1. The van der Waals surface area contributed by atoms with Gasteiger partial charge in [0.2, 0.25) is 5.91 Å². The molecule has 1 amide bonds. The molecule has 3 nitrogen and oxygen atoms in total. The average molecular weight is 260 g/mol. The second kappa shape index (κ2) is 7.29. The van der Waals surface area contributed by atoms with E-state index in [1.165, 1.54) is 17.5 Å². The molecule has 2 rings (SSSR count). The van der Waals surface area contributed by atoms with Gasteiger partial charge in [0.05, 0.1) is 6.54 Å². The van der Waals surface area contributed by atoms with Crippen LogP contribution in [-0.2, 0) is 17.8 Å². The molecular weight excluding hydrogens is 236 g/mol. The lowest BCUT2D eigenvalue weighted by Gasteiger charge is -2.26. The summed E-state index contributed by atoms with van der Waals surface area (Å²) in [6.45, 7) is 5.25. The Morgan fingerprint density at radius 3 is 2.37 bits per heavy atom. The van der Waals surface area contributed by atoms with Crippen LogP contribution in [0.15, 0.2) is 24.3 Å². The molecule has 1 N–H and O–H groups in total. The van der Waals surface area contributed by atoms with E-state index < -0.39 is 0 Å². The molecule has 0 aliphatic carbocycles. The highest BCUT2D eigenvalue weighted by molar-refractivity contribution is 5.78. The molecule has 0 atom stereocenters. The number of hydrogen-bond acceptors (Lipinski definition) is 2. The minimum absolute atomic E-state index is 0.241. The lowest BCUT2D eigenvalue weighted by molar-refractivity contribution is -0.131. The first-order valence-corrected chi connectivity index (χ1v) is 7.36. The highest BCUT2D eigenvalue weighted by Crippen LogP contribution is 2.08. The van der Waals surface area contributed by atoms with Crippen molar-refractivity contribution < 1.29 is 4.79 Å². The largest absolute Gasteiger partial charge is 0.342 e. The Balaban J connectivity index is 1.71. The van der Waals surface area contributed by atoms with E-state index in [0.717, 1.165) is 38.9 Å². The number of piperidine rings is 1. The third-order valence-corrected chi connectivity index (χ3v) is 3.75. The molecule has 1 saturated heterocycles. The number of nitrogens with zero attached hydrogens (tertiary/aromatic N) is 1. The summed E-state index contributed by atoms with van der Waals surface area (Å²) in [6.07, 6.45) is 4.65. The molecule has 3 heteroatoms. The number of carbonyl (C=O) groups is 1. The number of rotatable bonds is 5. The van der Waals surface area contributed by atoms with E-state index in [1.807, 2.05) is 4.90 Å². The molecule has 1 aromatic rings. The van der Waals surface area contributed by atoms with Gasteiger partial charge in [-0.25, -0.2) is 0 Å². The maximum absolute atomic E-state index is 12.0. The van der Waals surface area contributed by atoms with Crippen molar-refractivity contribution in [3.8, 4) is 0 Å². The molecule has 1 fully saturated rings. The quantitative estimate of drug-likeness (QED) is 0.881. The smallest absolute Gasteiger partial charge is 0.236 e. The van der Waals surface area contributed by atoms with Crippen molar-refractivity contribution in [3.05, 3.63) is 35.4 Å². The Kier molecular flexibility index (Phi) is 5.40. The van der Waals surface area contributed by atoms with Crippen molar-refractivity contribution in [2.45, 2.75) is 39.2 Å². The number of amides is 1. The standard InChI is InChI=1S/C16H24N2O/c1-2-14-6-8-15(9-7-14)12-17-13-16(19)18-10-4-3-5-11-18/h6-9,17H,2-5,10-13H2,1H3. The maximum atomic E-state index is 12.0. The number of hydrogen-bond donors (Lipinski definition) is 1. The molecule has 0 aromatic heterocycles. The van der Waals surface area contributed by atoms with Gasteiger partial charge in [-0.1, -0.05) is 31.2 Å². The molecule has 0 spiro atoms. The van der Waals surface area contributed by atoms with Gasteiger partial charge < -0.3 is 10.2 Å². The Bertz CT molecular complexity index is 394. The topological polar surface area (TPSA) is 32.3 Å². The lowest BCUT2D eigenvalue weighted by atomic mass is 10.1. The molecule has 0 radical (unpaired) electrons. The summed E-state index contributed by atoms with van der Waals surface area (Å²) in [7, 11) is 0. The van der Waals surface area contributed by atoms with Gasteiger partial charge in [-0.2, -0.15) is 0 Å². The third-order valence-electron chi connectivity index (χ3n) is 3.75. The number of carbonyl (C=O) groups excluding carboxylic acids is 1. The zero-order chi connectivity index (χ0) is 13.5. The fourth-order valence-corrected chi connectivity index (χ4v) is 2.46. The number of benzene rings is 1. The first-order valence-electron chi connectivity index (χ1n) is 7.36. The Morgan fingerprint density at radius 2 is 1.74 bits per heavy atom. The Hall–Kier alpha value is -1.35. The number of aryl methyl sites for hydroxylation is 1. The maximum Gasteiger partial charge on any atom is 0.236 e. The predicted molar refractivity (Wildman–Crippen MR) is 78.0 cm³/mol. The van der Waals surface area contributed by atoms with E-state index in [1.54, 1.807) is 0 Å². The van der Waals surface area contributed by atoms with Gasteiger partial charge in [-0.3, -0.25) is 4.79 Å². The minimum Gasteiger partial charge on any atom is -0.342 e. The molecule has 1 aliphatic heterocycles. The summed E-state index contributed by atoms with van der Waals surface area (Å²) < 4.78 is 0. The molecule has 104 valence electrons. The molecular formula is C16H24N2O. The van der Waals surface area contributed by atoms with Gasteiger partial charge in [0.1, 0.15) is 0 Å². The van der Waals surface area contributed by atoms with Gasteiger partial charge >= 0.3 is 0 Å². The molecule has 0 saturated carbocycles. The summed E-state index contributed by atoms with van der Waals surface area (Å²) in [4.78, 5) is 13.9. The van der Waals surface area contributed by atoms with Crippen molar-refractivity contribution in [2.75, 3.05) is 19.6 Å². The minimum atomic E-state index is 0.241. The van der Waals surface area contributed by atoms with E-state index in [2.05, 4.69) is 36.5 Å². The molecule has 1 aromatic carbocycles. The van der Waals surface area contributed by atoms with Crippen LogP contribution in [0.3, 0.4) is 0 Å². The zero-order valence-electron chi connectivity index (χ0n) is 11.8. The van der Waals surface area contributed by atoms with E-state index in [9.17, 15) is 4.79 Å². The van der Waals surface area contributed by atoms with Crippen LogP contribution >= 0.6 is 0 Å². The predicted octanol–water partition coefficient (Wildman–Crippen LogP) is 2.35. The fraction of sp³-hybridized carbons (Fsp3) is 0.562. The van der Waals surface area contributed by atoms with Gasteiger partial charge in [0, 0.05) is 19.6 Å². The molecule has 1 heterocycles. The summed E-state index contributed by atoms with van der Waals surface area (Å²) in [5.74, 6) is 0.241. The van der Waals surface area contributed by atoms with Crippen LogP contribution in [0, 0.1) is 0 Å². The van der Waals surface area contributed by atoms with Crippen molar-refractivity contribution >= 4 is 5.91 Å². The van der Waals surface area contributed by atoms with E-state index in [4.69, 9.17) is 0 Å². The van der Waals surface area contributed by atoms with E-state index in [-0.39, 0.29) is 5.91 Å². The van der Waals surface area contributed by atoms with Crippen LogP contribution in [0.25, 0.3) is 0 Å². The van der Waals surface area contributed by atoms with Crippen molar-refractivity contribution in [1.29, 1.82) is 0 Å². The van der Waals surface area contributed by atoms with Crippen molar-refractivity contribution in [3.63, 3.8) is 0 Å². The Morgan fingerprint density at radius 1 is 1.11 bits per heavy atom. The zero-order valence-corrected chi connectivity index (χ0v) is 11.8. The summed E-state index contributed by atoms with van der Waals surface area (Å²) >= 11 is 0. The van der Waals surface area contributed by atoms with Gasteiger partial charge in [-0.15, -0.1) is 0 Å². The molecule has 1 aliphatic rings. The van der Waals surface area contributed by atoms with Crippen LogP contribution < -0.4 is 5.32 Å². The van der Waals surface area contributed by atoms with Crippen LogP contribution in [0.1, 0.15) is 37.3 Å². The fourth-order valence-electron chi connectivity index (χ4n) is 2.46.